The number of carbonyl (C=O) groups is 2. The van der Waals surface area contributed by atoms with E-state index in [1.165, 1.54) is 20.3 Å². The summed E-state index contributed by atoms with van der Waals surface area (Å²) in [6.45, 7) is 3.41. The van der Waals surface area contributed by atoms with Gasteiger partial charge in [-0.1, -0.05) is 6.08 Å². The first kappa shape index (κ1) is 10.7. The third-order valence-corrected chi connectivity index (χ3v) is 1.40. The molecular formula is C8H12O4. The van der Waals surface area contributed by atoms with Crippen molar-refractivity contribution >= 4 is 11.9 Å². The van der Waals surface area contributed by atoms with E-state index in [4.69, 9.17) is 0 Å². The molecule has 0 aliphatic heterocycles. The van der Waals surface area contributed by atoms with Gasteiger partial charge in [-0.05, 0) is 0 Å². The highest BCUT2D eigenvalue weighted by Gasteiger charge is 2.19. The highest BCUT2D eigenvalue weighted by molar-refractivity contribution is 5.81. The van der Waals surface area contributed by atoms with Crippen molar-refractivity contribution in [3.05, 3.63) is 12.7 Å². The third kappa shape index (κ3) is 3.18. The predicted octanol–water partition coefficient (Wildman–Crippen LogP) is 0.525. The maximum atomic E-state index is 10.9. The number of rotatable bonds is 4. The summed E-state index contributed by atoms with van der Waals surface area (Å²) in [6, 6.07) is 0. The van der Waals surface area contributed by atoms with E-state index in [1.807, 2.05) is 0 Å². The Morgan fingerprint density at radius 3 is 2.33 bits per heavy atom. The minimum atomic E-state index is -0.609. The van der Waals surface area contributed by atoms with Gasteiger partial charge < -0.3 is 9.47 Å². The van der Waals surface area contributed by atoms with Gasteiger partial charge in [-0.25, -0.2) is 0 Å². The minimum Gasteiger partial charge on any atom is -0.469 e. The first-order valence-electron chi connectivity index (χ1n) is 3.43. The van der Waals surface area contributed by atoms with E-state index in [0.29, 0.717) is 0 Å². The van der Waals surface area contributed by atoms with E-state index in [2.05, 4.69) is 16.1 Å². The number of hydrogen-bond acceptors (Lipinski definition) is 4. The maximum absolute atomic E-state index is 10.9. The van der Waals surface area contributed by atoms with Crippen LogP contribution in [0.25, 0.3) is 0 Å². The monoisotopic (exact) mass is 172 g/mol. The van der Waals surface area contributed by atoms with Crippen LogP contribution in [0, 0.1) is 5.92 Å². The lowest BCUT2D eigenvalue weighted by Crippen LogP contribution is -2.18. The molecule has 4 nitrogen and oxygen atoms in total. The summed E-state index contributed by atoms with van der Waals surface area (Å²) in [4.78, 5) is 21.6. The van der Waals surface area contributed by atoms with Gasteiger partial charge in [-0.2, -0.15) is 0 Å². The van der Waals surface area contributed by atoms with Gasteiger partial charge in [0.15, 0.2) is 0 Å². The molecular weight excluding hydrogens is 160 g/mol. The van der Waals surface area contributed by atoms with Gasteiger partial charge >= 0.3 is 11.9 Å². The SMILES string of the molecule is C=CC(CC(=O)OC)C(=O)OC. The molecule has 68 valence electrons. The Bertz CT molecular complexity index is 185. The zero-order chi connectivity index (χ0) is 9.56. The van der Waals surface area contributed by atoms with Gasteiger partial charge in [-0.15, -0.1) is 6.58 Å². The fourth-order valence-corrected chi connectivity index (χ4v) is 0.677. The second-order valence-corrected chi connectivity index (χ2v) is 2.15. The summed E-state index contributed by atoms with van der Waals surface area (Å²) in [7, 11) is 2.52. The molecule has 0 aliphatic rings. The summed E-state index contributed by atoms with van der Waals surface area (Å²) >= 11 is 0. The van der Waals surface area contributed by atoms with Crippen LogP contribution in [0.5, 0.6) is 0 Å². The lowest BCUT2D eigenvalue weighted by molar-refractivity contribution is -0.150. The van der Waals surface area contributed by atoms with Crippen LogP contribution in [-0.2, 0) is 19.1 Å². The average Bonchev–Trinajstić information content (AvgIpc) is 2.12. The molecule has 0 aromatic carbocycles. The van der Waals surface area contributed by atoms with E-state index >= 15 is 0 Å². The number of methoxy groups -OCH3 is 2. The van der Waals surface area contributed by atoms with Gasteiger partial charge in [0.05, 0.1) is 26.6 Å². The quantitative estimate of drug-likeness (QED) is 0.458. The van der Waals surface area contributed by atoms with Crippen molar-refractivity contribution in [1.29, 1.82) is 0 Å². The van der Waals surface area contributed by atoms with Crippen molar-refractivity contribution in [2.24, 2.45) is 5.92 Å². The summed E-state index contributed by atoms with van der Waals surface area (Å²) < 4.78 is 8.81. The molecule has 0 fully saturated rings. The van der Waals surface area contributed by atoms with Crippen molar-refractivity contribution in [3.8, 4) is 0 Å². The Morgan fingerprint density at radius 1 is 1.42 bits per heavy atom. The van der Waals surface area contributed by atoms with Crippen LogP contribution in [0.1, 0.15) is 6.42 Å². The van der Waals surface area contributed by atoms with E-state index in [1.54, 1.807) is 0 Å². The van der Waals surface area contributed by atoms with E-state index in [0.717, 1.165) is 0 Å². The molecule has 0 rings (SSSR count). The van der Waals surface area contributed by atoms with Crippen LogP contribution in [0.4, 0.5) is 0 Å². The van der Waals surface area contributed by atoms with Gasteiger partial charge in [0.1, 0.15) is 0 Å². The fourth-order valence-electron chi connectivity index (χ4n) is 0.677. The second kappa shape index (κ2) is 5.35. The molecule has 0 amide bonds. The molecule has 1 unspecified atom stereocenters. The third-order valence-electron chi connectivity index (χ3n) is 1.40. The standard InChI is InChI=1S/C8H12O4/c1-4-6(8(10)12-3)5-7(9)11-2/h4,6H,1,5H2,2-3H3. The minimum absolute atomic E-state index is 0.0212. The lowest BCUT2D eigenvalue weighted by Gasteiger charge is -2.07. The largest absolute Gasteiger partial charge is 0.469 e. The van der Waals surface area contributed by atoms with Crippen molar-refractivity contribution in [1.82, 2.24) is 0 Å². The average molecular weight is 172 g/mol. The van der Waals surface area contributed by atoms with Crippen LogP contribution in [0.15, 0.2) is 12.7 Å². The second-order valence-electron chi connectivity index (χ2n) is 2.15. The molecule has 0 N–H and O–H groups in total. The molecule has 0 aromatic heterocycles. The van der Waals surface area contributed by atoms with Crippen molar-refractivity contribution < 1.29 is 19.1 Å². The molecule has 12 heavy (non-hydrogen) atoms. The fraction of sp³-hybridized carbons (Fsp3) is 0.500. The van der Waals surface area contributed by atoms with Crippen LogP contribution in [-0.4, -0.2) is 26.2 Å². The summed E-state index contributed by atoms with van der Waals surface area (Å²) in [5, 5.41) is 0. The van der Waals surface area contributed by atoms with Gasteiger partial charge in [0, 0.05) is 0 Å². The van der Waals surface area contributed by atoms with Gasteiger partial charge in [0.2, 0.25) is 0 Å². The van der Waals surface area contributed by atoms with E-state index < -0.39 is 17.9 Å². The number of esters is 2. The first-order valence-corrected chi connectivity index (χ1v) is 3.43. The Balaban J connectivity index is 4.08. The lowest BCUT2D eigenvalue weighted by atomic mass is 10.1. The summed E-state index contributed by atoms with van der Waals surface area (Å²) in [6.07, 6.45) is 1.34. The summed E-state index contributed by atoms with van der Waals surface area (Å²) in [5.74, 6) is -1.54. The molecule has 4 heteroatoms. The molecule has 0 spiro atoms. The zero-order valence-corrected chi connectivity index (χ0v) is 7.20. The van der Waals surface area contributed by atoms with Crippen LogP contribution < -0.4 is 0 Å². The molecule has 0 bridgehead atoms. The molecule has 0 heterocycles. The van der Waals surface area contributed by atoms with Crippen molar-refractivity contribution in [2.45, 2.75) is 6.42 Å². The first-order chi connectivity index (χ1) is 5.65. The van der Waals surface area contributed by atoms with Gasteiger partial charge in [0.25, 0.3) is 0 Å². The zero-order valence-electron chi connectivity index (χ0n) is 7.20. The predicted molar refractivity (Wildman–Crippen MR) is 42.3 cm³/mol. The molecule has 1 atom stereocenters. The normalized spacial score (nSPS) is 11.5. The molecule has 0 saturated carbocycles. The van der Waals surface area contributed by atoms with Crippen molar-refractivity contribution in [2.75, 3.05) is 14.2 Å². The topological polar surface area (TPSA) is 52.6 Å². The van der Waals surface area contributed by atoms with E-state index in [9.17, 15) is 9.59 Å². The van der Waals surface area contributed by atoms with Gasteiger partial charge in [-0.3, -0.25) is 9.59 Å². The number of carbonyl (C=O) groups excluding carboxylic acids is 2. The maximum Gasteiger partial charge on any atom is 0.313 e. The Kier molecular flexibility index (Phi) is 4.76. The molecule has 0 saturated heterocycles. The Hall–Kier alpha value is -1.32. The smallest absolute Gasteiger partial charge is 0.313 e. The molecule has 0 radical (unpaired) electrons. The number of ether oxygens (including phenoxy) is 2. The van der Waals surface area contributed by atoms with Crippen LogP contribution in [0.2, 0.25) is 0 Å². The summed E-state index contributed by atoms with van der Waals surface area (Å²) in [5.41, 5.74) is 0. The number of hydrogen-bond donors (Lipinski definition) is 0. The van der Waals surface area contributed by atoms with E-state index in [-0.39, 0.29) is 6.42 Å². The van der Waals surface area contributed by atoms with Crippen LogP contribution in [0.3, 0.4) is 0 Å². The molecule has 0 aliphatic carbocycles. The van der Waals surface area contributed by atoms with Crippen molar-refractivity contribution in [3.63, 3.8) is 0 Å². The Morgan fingerprint density at radius 2 is 2.00 bits per heavy atom. The Labute approximate surface area is 71.2 Å². The molecule has 0 aromatic rings. The van der Waals surface area contributed by atoms with Crippen LogP contribution >= 0.6 is 0 Å². The highest BCUT2D eigenvalue weighted by Crippen LogP contribution is 2.07. The highest BCUT2D eigenvalue weighted by atomic mass is 16.5.